The van der Waals surface area contributed by atoms with Crippen LogP contribution < -0.4 is 60.9 Å². The van der Waals surface area contributed by atoms with Gasteiger partial charge in [-0.15, -0.1) is 0 Å². The minimum absolute atomic E-state index is 0.384. The lowest BCUT2D eigenvalue weighted by Gasteiger charge is -2.35. The van der Waals surface area contributed by atoms with E-state index in [1.807, 2.05) is 46.9 Å². The summed E-state index contributed by atoms with van der Waals surface area (Å²) in [5.74, 6) is -0.384. The molecule has 692 valence electrons. The van der Waals surface area contributed by atoms with Crippen molar-refractivity contribution in [3.05, 3.63) is 510 Å². The fraction of sp³-hybridized carbons (Fsp3) is 0.0551. The zero-order valence-electron chi connectivity index (χ0n) is 78.9. The van der Waals surface area contributed by atoms with E-state index in [1.54, 1.807) is 6.07 Å². The Morgan fingerprint density at radius 2 is 0.503 bits per heavy atom. The molecule has 25 rings (SSSR count). The second-order valence-electron chi connectivity index (χ2n) is 37.5. The van der Waals surface area contributed by atoms with Crippen LogP contribution >= 0.6 is 0 Å². The van der Waals surface area contributed by atoms with Gasteiger partial charge in [0.2, 0.25) is 0 Å². The number of fused-ring (bicyclic) bond motifs is 12. The van der Waals surface area contributed by atoms with Crippen LogP contribution in [-0.2, 0) is 19.4 Å². The van der Waals surface area contributed by atoms with Gasteiger partial charge in [-0.2, -0.15) is 21.6 Å². The Morgan fingerprint density at radius 1 is 0.259 bits per heavy atom. The number of para-hydroxylation sites is 4. The fourth-order valence-corrected chi connectivity index (χ4v) is 31.4. The van der Waals surface area contributed by atoms with Crippen LogP contribution in [0.15, 0.2) is 510 Å². The second kappa shape index (κ2) is 37.0. The van der Waals surface area contributed by atoms with Crippen molar-refractivity contribution < 1.29 is 35.1 Å². The van der Waals surface area contributed by atoms with Crippen LogP contribution in [0, 0.1) is 0 Å². The van der Waals surface area contributed by atoms with Gasteiger partial charge in [0.1, 0.15) is 5.75 Å². The molecule has 1 aliphatic heterocycles. The van der Waals surface area contributed by atoms with Crippen molar-refractivity contribution >= 4 is 191 Å². The first-order valence-corrected chi connectivity index (χ1v) is 53.6. The fourth-order valence-electron chi connectivity index (χ4n) is 21.4. The van der Waals surface area contributed by atoms with Crippen molar-refractivity contribution in [2.75, 3.05) is 9.80 Å². The normalized spacial score (nSPS) is 13.2. The molecule has 0 amide bonds. The third kappa shape index (κ3) is 16.1. The van der Waals surface area contributed by atoms with Crippen LogP contribution in [0.4, 0.5) is 47.3 Å². The van der Waals surface area contributed by atoms with E-state index in [0.717, 1.165) is 72.2 Å². The number of benzene rings is 20. The molecule has 20 aromatic carbocycles. The summed E-state index contributed by atoms with van der Waals surface area (Å²) in [7, 11) is -11.5. The lowest BCUT2D eigenvalue weighted by atomic mass is 9.79. The minimum Gasteiger partial charge on any atom is -0.399 e. The minimum atomic E-state index is -5.73. The Balaban J connectivity index is 0.000000128. The molecule has 0 unspecified atom stereocenters. The van der Waals surface area contributed by atoms with Crippen molar-refractivity contribution in [3.63, 3.8) is 0 Å². The van der Waals surface area contributed by atoms with Crippen LogP contribution in [0.25, 0.3) is 110 Å². The third-order valence-corrected chi connectivity index (χ3v) is 39.4. The predicted octanol–water partition coefficient (Wildman–Crippen LogP) is 26.6. The summed E-state index contributed by atoms with van der Waals surface area (Å²) in [6.07, 6.45) is 0. The van der Waals surface area contributed by atoms with Gasteiger partial charge in [0.05, 0.1) is 44.3 Å². The number of aromatic nitrogens is 2. The van der Waals surface area contributed by atoms with E-state index in [0.29, 0.717) is 5.52 Å². The molecule has 0 saturated carbocycles. The Kier molecular flexibility index (Phi) is 23.4. The molecular formula is C127H96BF3N4O5SSi2. The van der Waals surface area contributed by atoms with Gasteiger partial charge in [-0.25, -0.2) is 0 Å². The second-order valence-corrected chi connectivity index (χ2v) is 46.7. The first kappa shape index (κ1) is 90.4. The zero-order chi connectivity index (χ0) is 97.2. The molecule has 0 aliphatic carbocycles. The molecule has 0 radical (unpaired) electrons. The average Bonchev–Trinajstić information content (AvgIpc) is 1.54. The van der Waals surface area contributed by atoms with E-state index in [2.05, 4.69) is 495 Å². The van der Waals surface area contributed by atoms with Gasteiger partial charge in [0.15, 0.2) is 16.1 Å². The molecule has 1 fully saturated rings. The van der Waals surface area contributed by atoms with Gasteiger partial charge < -0.3 is 32.1 Å². The van der Waals surface area contributed by atoms with Crippen molar-refractivity contribution in [2.24, 2.45) is 0 Å². The van der Waals surface area contributed by atoms with Crippen LogP contribution in [0.2, 0.25) is 0 Å². The van der Waals surface area contributed by atoms with Crippen LogP contribution in [0.5, 0.6) is 5.75 Å². The third-order valence-electron chi connectivity index (χ3n) is 28.9. The maximum Gasteiger partial charge on any atom is 0.534 e. The smallest absolute Gasteiger partial charge is 0.399 e. The molecular weight excluding hydrogens is 1820 g/mol. The summed E-state index contributed by atoms with van der Waals surface area (Å²) in [4.78, 5) is 4.73. The molecule has 0 spiro atoms. The SMILES string of the molecule is CC1(C)OB(c2ccc(N(c3ccc(-c4ccccc4)cc3)c3ccc([Si](c4ccccc4)(c4ccccc4)c4ccccc4)cc3)cc2)OC1(C)C.O=S(=O)(Oc1ccc2c3cccc4c5ccccc5n(c2c1)c43)C(F)(F)F.c1ccc(-c2ccc(N(c3ccc(-c4ccc5c6cccc7c8ccccc8n(c5c4)c76)cc3)c3ccc([Si](c4ccccc4)(c4ccccc4)c4ccccc4)cc3)cc2)cc1. The van der Waals surface area contributed by atoms with Crippen molar-refractivity contribution in [3.8, 4) is 39.1 Å². The number of nitrogens with zero attached hydrogens (tertiary/aromatic N) is 4. The summed E-state index contributed by atoms with van der Waals surface area (Å²) in [5.41, 5.74) is 14.6. The summed E-state index contributed by atoms with van der Waals surface area (Å²) < 4.78 is 82.1. The molecule has 9 nitrogen and oxygen atoms in total. The number of anilines is 6. The molecule has 24 aromatic rings. The van der Waals surface area contributed by atoms with Crippen LogP contribution in [-0.4, -0.2) is 57.2 Å². The first-order valence-electron chi connectivity index (χ1n) is 48.2. The first-order chi connectivity index (χ1) is 69.8. The molecule has 1 aliphatic rings. The molecule has 143 heavy (non-hydrogen) atoms. The lowest BCUT2D eigenvalue weighted by molar-refractivity contribution is -0.0500. The van der Waals surface area contributed by atoms with Crippen molar-refractivity contribution in [1.82, 2.24) is 8.80 Å². The Labute approximate surface area is 831 Å². The summed E-state index contributed by atoms with van der Waals surface area (Å²) in [6.45, 7) is 8.38. The molecule has 0 atom stereocenters. The van der Waals surface area contributed by atoms with E-state index in [-0.39, 0.29) is 5.75 Å². The topological polar surface area (TPSA) is 77.1 Å². The monoisotopic (exact) mass is 1910 g/mol. The van der Waals surface area contributed by atoms with Gasteiger partial charge in [0.25, 0.3) is 0 Å². The standard InChI is InChI=1S/C60H42N2Si.C48H44BNO2Si.C19H10F3NO3S/c1-5-16-43(17-6-1)44-28-33-47(34-29-44)61(49-37-39-53(40-38-49)63(50-18-7-2-8-19-50,51-20-9-3-10-21-51)52-22-11-4-12-23-52)48-35-30-45(31-36-48)46-32-41-55-57-26-15-25-56-54-24-13-14-27-58(54)62(60(56)57)59(55)42-46;1-47(2)48(3,4)52-49(51-47)39-27-31-41(32-28-39)50(40-29-25-38(26-30-40)37-17-9-5-10-18-37)42-33-35-46(36-34-42)53(43-19-11-6-12-20-43,44-21-13-7-14-22-44)45-23-15-8-16-24-45;20-19(21,22)27(24,25)26-11-8-9-13-15-6-3-5-14-12-4-1-2-7-16(12)23(18(14)15)17(13)10-11/h1-42H;5-36H,1-4H3;1-10H. The van der Waals surface area contributed by atoms with E-state index >= 15 is 0 Å². The molecule has 0 N–H and O–H groups in total. The Morgan fingerprint density at radius 3 is 0.832 bits per heavy atom. The number of rotatable bonds is 20. The predicted molar refractivity (Wildman–Crippen MR) is 593 cm³/mol. The van der Waals surface area contributed by atoms with E-state index in [9.17, 15) is 21.6 Å². The van der Waals surface area contributed by atoms with Crippen LogP contribution in [0.1, 0.15) is 27.7 Å². The van der Waals surface area contributed by atoms with E-state index in [1.165, 1.54) is 125 Å². The quantitative estimate of drug-likeness (QED) is 0.0326. The number of hydrogen-bond donors (Lipinski definition) is 0. The molecule has 4 aromatic heterocycles. The maximum absolute atomic E-state index is 12.6. The molecule has 0 bridgehead atoms. The highest BCUT2D eigenvalue weighted by molar-refractivity contribution is 7.88. The molecule has 16 heteroatoms. The van der Waals surface area contributed by atoms with Crippen LogP contribution in [0.3, 0.4) is 0 Å². The number of hydrogen-bond acceptors (Lipinski definition) is 7. The average molecular weight is 1910 g/mol. The Hall–Kier alpha value is -16.4. The van der Waals surface area contributed by atoms with Gasteiger partial charge in [0, 0.05) is 83.3 Å². The van der Waals surface area contributed by atoms with Gasteiger partial charge in [-0.3, -0.25) is 0 Å². The van der Waals surface area contributed by atoms with Crippen molar-refractivity contribution in [2.45, 2.75) is 44.4 Å². The highest BCUT2D eigenvalue weighted by atomic mass is 32.2. The van der Waals surface area contributed by atoms with E-state index in [4.69, 9.17) is 9.31 Å². The van der Waals surface area contributed by atoms with E-state index < -0.39 is 50.1 Å². The summed E-state index contributed by atoms with van der Waals surface area (Å²) >= 11 is 0. The van der Waals surface area contributed by atoms with Gasteiger partial charge in [-0.05, 0) is 211 Å². The summed E-state index contributed by atoms with van der Waals surface area (Å²) in [6, 6.07) is 182. The number of alkyl halides is 3. The summed E-state index contributed by atoms with van der Waals surface area (Å²) in [5, 5.41) is 19.8. The largest absolute Gasteiger partial charge is 0.534 e. The van der Waals surface area contributed by atoms with Crippen molar-refractivity contribution in [1.29, 1.82) is 0 Å². The van der Waals surface area contributed by atoms with Gasteiger partial charge >= 0.3 is 22.7 Å². The van der Waals surface area contributed by atoms with Gasteiger partial charge in [-0.1, -0.05) is 400 Å². The Bertz CT molecular complexity index is 8610. The zero-order valence-corrected chi connectivity index (χ0v) is 81.8. The highest BCUT2D eigenvalue weighted by Gasteiger charge is 2.52. The molecule has 5 heterocycles. The maximum atomic E-state index is 12.6. The lowest BCUT2D eigenvalue weighted by Crippen LogP contribution is -2.74. The number of halogens is 3. The molecule has 1 saturated heterocycles. The highest BCUT2D eigenvalue weighted by Crippen LogP contribution is 2.46.